The Kier molecular flexibility index (Phi) is 2.76. The lowest BCUT2D eigenvalue weighted by Gasteiger charge is -1.99. The molecule has 0 bridgehead atoms. The molecule has 0 atom stereocenters. The first-order valence-corrected chi connectivity index (χ1v) is 5.05. The average molecular weight is 216 g/mol. The van der Waals surface area contributed by atoms with Gasteiger partial charge in [-0.15, -0.1) is 0 Å². The minimum atomic E-state index is -0.0330. The minimum Gasteiger partial charge on any atom is -0.294 e. The highest BCUT2D eigenvalue weighted by Gasteiger charge is 2.13. The number of rotatable bonds is 3. The summed E-state index contributed by atoms with van der Waals surface area (Å²) in [6.45, 7) is 3.72. The monoisotopic (exact) mass is 216 g/mol. The third-order valence-electron chi connectivity index (χ3n) is 2.15. The first-order valence-electron chi connectivity index (χ1n) is 5.05. The molecule has 0 aliphatic carbocycles. The van der Waals surface area contributed by atoms with Crippen LogP contribution in [0.25, 0.3) is 5.95 Å². The number of ketones is 1. The molecule has 0 saturated heterocycles. The second-order valence-electron chi connectivity index (χ2n) is 3.74. The van der Waals surface area contributed by atoms with Crippen molar-refractivity contribution in [3.05, 3.63) is 36.4 Å². The van der Waals surface area contributed by atoms with Crippen molar-refractivity contribution in [3.8, 4) is 5.95 Å². The molecular weight excluding hydrogens is 204 g/mol. The quantitative estimate of drug-likeness (QED) is 0.729. The van der Waals surface area contributed by atoms with Crippen LogP contribution in [-0.2, 0) is 0 Å². The van der Waals surface area contributed by atoms with Crippen LogP contribution in [0.4, 0.5) is 0 Å². The summed E-state index contributed by atoms with van der Waals surface area (Å²) >= 11 is 0. The number of Topliss-reactive ketones (excluding diaryl/α,β-unsaturated/α-hetero) is 1. The van der Waals surface area contributed by atoms with Gasteiger partial charge in [-0.2, -0.15) is 5.10 Å². The molecule has 0 N–H and O–H groups in total. The summed E-state index contributed by atoms with van der Waals surface area (Å²) in [5.74, 6) is 0.502. The van der Waals surface area contributed by atoms with Gasteiger partial charge in [-0.3, -0.25) is 4.79 Å². The van der Waals surface area contributed by atoms with E-state index < -0.39 is 0 Å². The van der Waals surface area contributed by atoms with E-state index >= 15 is 0 Å². The van der Waals surface area contributed by atoms with Gasteiger partial charge < -0.3 is 0 Å². The van der Waals surface area contributed by atoms with Gasteiger partial charge >= 0.3 is 0 Å². The van der Waals surface area contributed by atoms with Crippen LogP contribution in [0.15, 0.2) is 30.9 Å². The van der Waals surface area contributed by atoms with Crippen molar-refractivity contribution in [3.63, 3.8) is 0 Å². The molecule has 0 spiro atoms. The number of hydrogen-bond acceptors (Lipinski definition) is 4. The highest BCUT2D eigenvalue weighted by molar-refractivity contribution is 5.96. The van der Waals surface area contributed by atoms with Crippen LogP contribution >= 0.6 is 0 Å². The SMILES string of the molecule is CC(C)C(=O)c1cnn(-c2ncccn2)c1. The second-order valence-corrected chi connectivity index (χ2v) is 3.74. The fourth-order valence-corrected chi connectivity index (χ4v) is 1.30. The Balaban J connectivity index is 2.30. The topological polar surface area (TPSA) is 60.7 Å². The van der Waals surface area contributed by atoms with Crippen molar-refractivity contribution >= 4 is 5.78 Å². The number of nitrogens with zero attached hydrogens (tertiary/aromatic N) is 4. The smallest absolute Gasteiger partial charge is 0.250 e. The van der Waals surface area contributed by atoms with Gasteiger partial charge in [0.1, 0.15) is 0 Å². The number of carbonyl (C=O) groups is 1. The molecule has 2 heterocycles. The van der Waals surface area contributed by atoms with Gasteiger partial charge in [-0.25, -0.2) is 14.6 Å². The Hall–Kier alpha value is -2.04. The lowest BCUT2D eigenvalue weighted by atomic mass is 10.1. The van der Waals surface area contributed by atoms with E-state index in [1.165, 1.54) is 4.68 Å². The van der Waals surface area contributed by atoms with E-state index in [-0.39, 0.29) is 11.7 Å². The maximum absolute atomic E-state index is 11.7. The first-order chi connectivity index (χ1) is 7.68. The summed E-state index contributed by atoms with van der Waals surface area (Å²) in [4.78, 5) is 19.8. The largest absolute Gasteiger partial charge is 0.294 e. The Bertz CT molecular complexity index is 490. The third kappa shape index (κ3) is 1.98. The number of hydrogen-bond donors (Lipinski definition) is 0. The first kappa shape index (κ1) is 10.5. The Morgan fingerprint density at radius 1 is 1.31 bits per heavy atom. The maximum atomic E-state index is 11.7. The number of aromatic nitrogens is 4. The van der Waals surface area contributed by atoms with Crippen molar-refractivity contribution in [1.29, 1.82) is 0 Å². The molecule has 2 rings (SSSR count). The lowest BCUT2D eigenvalue weighted by molar-refractivity contribution is 0.0939. The molecule has 2 aromatic heterocycles. The van der Waals surface area contributed by atoms with E-state index in [0.29, 0.717) is 11.5 Å². The van der Waals surface area contributed by atoms with Crippen molar-refractivity contribution < 1.29 is 4.79 Å². The predicted octanol–water partition coefficient (Wildman–Crippen LogP) is 1.50. The van der Waals surface area contributed by atoms with Gasteiger partial charge in [0.05, 0.1) is 11.8 Å². The summed E-state index contributed by atoms with van der Waals surface area (Å²) in [6, 6.07) is 1.73. The van der Waals surface area contributed by atoms with Gasteiger partial charge in [0.25, 0.3) is 0 Å². The van der Waals surface area contributed by atoms with Gasteiger partial charge in [-0.1, -0.05) is 13.8 Å². The number of carbonyl (C=O) groups excluding carboxylic acids is 1. The highest BCUT2D eigenvalue weighted by atomic mass is 16.1. The van der Waals surface area contributed by atoms with E-state index in [4.69, 9.17) is 0 Å². The molecule has 0 aromatic carbocycles. The Morgan fingerprint density at radius 3 is 2.62 bits per heavy atom. The molecular formula is C11H12N4O. The zero-order chi connectivity index (χ0) is 11.5. The summed E-state index contributed by atoms with van der Waals surface area (Å²) in [5, 5.41) is 4.06. The van der Waals surface area contributed by atoms with Crippen molar-refractivity contribution in [2.24, 2.45) is 5.92 Å². The molecule has 0 amide bonds. The maximum Gasteiger partial charge on any atom is 0.250 e. The molecule has 16 heavy (non-hydrogen) atoms. The van der Waals surface area contributed by atoms with E-state index in [9.17, 15) is 4.79 Å². The molecule has 5 nitrogen and oxygen atoms in total. The van der Waals surface area contributed by atoms with E-state index in [1.54, 1.807) is 30.9 Å². The Labute approximate surface area is 93.2 Å². The van der Waals surface area contributed by atoms with Crippen LogP contribution < -0.4 is 0 Å². The van der Waals surface area contributed by atoms with Crippen LogP contribution in [0.1, 0.15) is 24.2 Å². The molecule has 2 aromatic rings. The zero-order valence-electron chi connectivity index (χ0n) is 9.16. The van der Waals surface area contributed by atoms with Crippen molar-refractivity contribution in [2.45, 2.75) is 13.8 Å². The minimum absolute atomic E-state index is 0.0330. The van der Waals surface area contributed by atoms with E-state index in [1.807, 2.05) is 13.8 Å². The molecule has 0 saturated carbocycles. The fourth-order valence-electron chi connectivity index (χ4n) is 1.30. The lowest BCUT2D eigenvalue weighted by Crippen LogP contribution is -2.06. The molecule has 0 aliphatic heterocycles. The van der Waals surface area contributed by atoms with E-state index in [2.05, 4.69) is 15.1 Å². The van der Waals surface area contributed by atoms with Crippen molar-refractivity contribution in [1.82, 2.24) is 19.7 Å². The Morgan fingerprint density at radius 2 is 2.00 bits per heavy atom. The van der Waals surface area contributed by atoms with Gasteiger partial charge in [0.15, 0.2) is 5.78 Å². The van der Waals surface area contributed by atoms with Gasteiger partial charge in [0, 0.05) is 24.5 Å². The molecule has 0 fully saturated rings. The molecule has 0 radical (unpaired) electrons. The molecule has 0 aliphatic rings. The molecule has 5 heteroatoms. The molecule has 0 unspecified atom stereocenters. The summed E-state index contributed by atoms with van der Waals surface area (Å²) in [5.41, 5.74) is 0.586. The van der Waals surface area contributed by atoms with E-state index in [0.717, 1.165) is 0 Å². The van der Waals surface area contributed by atoms with Gasteiger partial charge in [0.2, 0.25) is 5.95 Å². The fraction of sp³-hybridized carbons (Fsp3) is 0.273. The highest BCUT2D eigenvalue weighted by Crippen LogP contribution is 2.08. The van der Waals surface area contributed by atoms with Crippen molar-refractivity contribution in [2.75, 3.05) is 0 Å². The normalized spacial score (nSPS) is 10.7. The van der Waals surface area contributed by atoms with Crippen LogP contribution in [0, 0.1) is 5.92 Å². The van der Waals surface area contributed by atoms with Crippen LogP contribution in [0.2, 0.25) is 0 Å². The van der Waals surface area contributed by atoms with Gasteiger partial charge in [-0.05, 0) is 6.07 Å². The molecule has 82 valence electrons. The average Bonchev–Trinajstić information content (AvgIpc) is 2.78. The summed E-state index contributed by atoms with van der Waals surface area (Å²) < 4.78 is 1.50. The van der Waals surface area contributed by atoms with Crippen LogP contribution in [0.5, 0.6) is 0 Å². The zero-order valence-corrected chi connectivity index (χ0v) is 9.16. The second kappa shape index (κ2) is 4.22. The third-order valence-corrected chi connectivity index (χ3v) is 2.15. The van der Waals surface area contributed by atoms with Crippen LogP contribution in [-0.4, -0.2) is 25.5 Å². The predicted molar refractivity (Wildman–Crippen MR) is 58.3 cm³/mol. The summed E-state index contributed by atoms with van der Waals surface area (Å²) in [7, 11) is 0. The summed E-state index contributed by atoms with van der Waals surface area (Å²) in [6.07, 6.45) is 6.46. The van der Waals surface area contributed by atoms with Crippen LogP contribution in [0.3, 0.4) is 0 Å². The standard InChI is InChI=1S/C11H12N4O/c1-8(2)10(16)9-6-14-15(7-9)11-12-4-3-5-13-11/h3-8H,1-2H3.